The molecule has 1 unspecified atom stereocenters. The van der Waals surface area contributed by atoms with Gasteiger partial charge in [-0.25, -0.2) is 4.79 Å². The van der Waals surface area contributed by atoms with Crippen molar-refractivity contribution in [3.63, 3.8) is 0 Å². The van der Waals surface area contributed by atoms with Crippen LogP contribution in [-0.2, 0) is 4.79 Å². The highest BCUT2D eigenvalue weighted by atomic mass is 16.2. The van der Waals surface area contributed by atoms with Crippen molar-refractivity contribution in [1.82, 2.24) is 9.80 Å². The number of nitrogens with zero attached hydrogens (tertiary/aromatic N) is 2. The minimum absolute atomic E-state index is 0.0968. The van der Waals surface area contributed by atoms with Crippen molar-refractivity contribution in [1.29, 1.82) is 0 Å². The van der Waals surface area contributed by atoms with Crippen LogP contribution in [0.15, 0.2) is 24.3 Å². The molecule has 0 bridgehead atoms. The number of carbonyl (C=O) groups is 2. The quantitative estimate of drug-likeness (QED) is 0.847. The number of aryl methyl sites for hydroxylation is 1. The highest BCUT2D eigenvalue weighted by molar-refractivity contribution is 5.90. The van der Waals surface area contributed by atoms with E-state index in [1.165, 1.54) is 0 Å². The predicted molar refractivity (Wildman–Crippen MR) is 105 cm³/mol. The van der Waals surface area contributed by atoms with E-state index in [2.05, 4.69) is 19.2 Å². The number of benzene rings is 1. The second-order valence-electron chi connectivity index (χ2n) is 8.15. The van der Waals surface area contributed by atoms with Gasteiger partial charge < -0.3 is 20.9 Å². The zero-order chi connectivity index (χ0) is 19.3. The van der Waals surface area contributed by atoms with Gasteiger partial charge in [-0.15, -0.1) is 0 Å². The number of carbonyl (C=O) groups excluding carboxylic acids is 2. The van der Waals surface area contributed by atoms with Crippen LogP contribution in [-0.4, -0.2) is 55.0 Å². The van der Waals surface area contributed by atoms with E-state index < -0.39 is 0 Å². The minimum atomic E-state index is -0.148. The summed E-state index contributed by atoms with van der Waals surface area (Å²) >= 11 is 0. The zero-order valence-corrected chi connectivity index (χ0v) is 16.4. The van der Waals surface area contributed by atoms with Gasteiger partial charge in [0.25, 0.3) is 0 Å². The number of hydrogen-bond donors (Lipinski definition) is 2. The fourth-order valence-corrected chi connectivity index (χ4v) is 3.38. The lowest BCUT2D eigenvalue weighted by Gasteiger charge is -2.36. The molecule has 144 valence electrons. The molecule has 0 radical (unpaired) electrons. The maximum Gasteiger partial charge on any atom is 0.321 e. The number of likely N-dealkylation sites (tertiary alicyclic amines) is 1. The molecule has 1 atom stereocenters. The summed E-state index contributed by atoms with van der Waals surface area (Å²) in [6.45, 7) is 8.39. The van der Waals surface area contributed by atoms with Gasteiger partial charge in [-0.05, 0) is 49.4 Å². The molecule has 0 aromatic heterocycles. The number of nitrogens with one attached hydrogen (secondary N) is 1. The van der Waals surface area contributed by atoms with E-state index in [1.54, 1.807) is 9.80 Å². The molecule has 1 aromatic rings. The van der Waals surface area contributed by atoms with Crippen molar-refractivity contribution in [2.45, 2.75) is 33.6 Å². The van der Waals surface area contributed by atoms with Crippen molar-refractivity contribution in [2.75, 3.05) is 38.5 Å². The summed E-state index contributed by atoms with van der Waals surface area (Å²) in [5.74, 6) is -0.0508. The largest absolute Gasteiger partial charge is 0.345 e. The SMILES string of the molecule is Cc1cccc(NC(=O)N2CCCC(C(=O)N(C)CC(C)(C)CN)C2)c1. The average Bonchev–Trinajstić information content (AvgIpc) is 2.60. The Morgan fingerprint density at radius 3 is 2.77 bits per heavy atom. The second-order valence-corrected chi connectivity index (χ2v) is 8.15. The topological polar surface area (TPSA) is 78.7 Å². The van der Waals surface area contributed by atoms with Crippen molar-refractivity contribution < 1.29 is 9.59 Å². The summed E-state index contributed by atoms with van der Waals surface area (Å²) in [6, 6.07) is 7.58. The van der Waals surface area contributed by atoms with E-state index in [1.807, 2.05) is 38.2 Å². The Labute approximate surface area is 156 Å². The molecule has 0 spiro atoms. The number of nitrogens with two attached hydrogens (primary N) is 1. The lowest BCUT2D eigenvalue weighted by atomic mass is 9.91. The van der Waals surface area contributed by atoms with Gasteiger partial charge in [0.15, 0.2) is 0 Å². The Hall–Kier alpha value is -2.08. The van der Waals surface area contributed by atoms with E-state index in [0.29, 0.717) is 26.2 Å². The Morgan fingerprint density at radius 2 is 2.12 bits per heavy atom. The zero-order valence-electron chi connectivity index (χ0n) is 16.4. The lowest BCUT2D eigenvalue weighted by Crippen LogP contribution is -2.49. The lowest BCUT2D eigenvalue weighted by molar-refractivity contribution is -0.136. The number of rotatable bonds is 5. The highest BCUT2D eigenvalue weighted by Gasteiger charge is 2.31. The predicted octanol–water partition coefficient (Wildman–Crippen LogP) is 2.68. The molecule has 1 aliphatic heterocycles. The maximum atomic E-state index is 12.8. The van der Waals surface area contributed by atoms with Crippen LogP contribution in [0.2, 0.25) is 0 Å². The monoisotopic (exact) mass is 360 g/mol. The average molecular weight is 361 g/mol. The second kappa shape index (κ2) is 8.54. The first kappa shape index (κ1) is 20.2. The van der Waals surface area contributed by atoms with Gasteiger partial charge in [0.2, 0.25) is 5.91 Å². The first-order valence-electron chi connectivity index (χ1n) is 9.29. The molecule has 2 rings (SSSR count). The summed E-state index contributed by atoms with van der Waals surface area (Å²) in [4.78, 5) is 28.9. The fourth-order valence-electron chi connectivity index (χ4n) is 3.38. The molecule has 1 heterocycles. The van der Waals surface area contributed by atoms with Gasteiger partial charge >= 0.3 is 6.03 Å². The number of urea groups is 1. The third kappa shape index (κ3) is 5.46. The standard InChI is InChI=1S/C20H32N4O2/c1-15-7-5-9-17(11-15)22-19(26)24-10-6-8-16(12-24)18(25)23(4)14-20(2,3)13-21/h5,7,9,11,16H,6,8,10,12-14,21H2,1-4H3,(H,22,26). The Bertz CT molecular complexity index is 644. The third-order valence-electron chi connectivity index (χ3n) is 4.92. The van der Waals surface area contributed by atoms with Crippen molar-refractivity contribution in [3.05, 3.63) is 29.8 Å². The summed E-state index contributed by atoms with van der Waals surface area (Å²) in [7, 11) is 1.82. The van der Waals surface area contributed by atoms with Crippen LogP contribution in [0, 0.1) is 18.3 Å². The van der Waals surface area contributed by atoms with Gasteiger partial charge in [0.1, 0.15) is 0 Å². The van der Waals surface area contributed by atoms with Crippen LogP contribution >= 0.6 is 0 Å². The van der Waals surface area contributed by atoms with Crippen LogP contribution in [0.25, 0.3) is 0 Å². The van der Waals surface area contributed by atoms with Crippen molar-refractivity contribution in [2.24, 2.45) is 17.1 Å². The van der Waals surface area contributed by atoms with Gasteiger partial charge in [-0.3, -0.25) is 4.79 Å². The smallest absolute Gasteiger partial charge is 0.321 e. The summed E-state index contributed by atoms with van der Waals surface area (Å²) in [5, 5.41) is 2.93. The van der Waals surface area contributed by atoms with E-state index in [4.69, 9.17) is 5.73 Å². The van der Waals surface area contributed by atoms with Crippen LogP contribution < -0.4 is 11.1 Å². The Balaban J connectivity index is 1.95. The molecule has 1 aromatic carbocycles. The van der Waals surface area contributed by atoms with Crippen LogP contribution in [0.4, 0.5) is 10.5 Å². The third-order valence-corrected chi connectivity index (χ3v) is 4.92. The van der Waals surface area contributed by atoms with Crippen molar-refractivity contribution in [3.8, 4) is 0 Å². The van der Waals surface area contributed by atoms with E-state index >= 15 is 0 Å². The molecular formula is C20H32N4O2. The van der Waals surface area contributed by atoms with E-state index in [-0.39, 0.29) is 23.3 Å². The van der Waals surface area contributed by atoms with Crippen LogP contribution in [0.5, 0.6) is 0 Å². The van der Waals surface area contributed by atoms with Crippen molar-refractivity contribution >= 4 is 17.6 Å². The Morgan fingerprint density at radius 1 is 1.38 bits per heavy atom. The van der Waals surface area contributed by atoms with Gasteiger partial charge in [0, 0.05) is 32.4 Å². The molecule has 6 heteroatoms. The number of anilines is 1. The number of hydrogen-bond acceptors (Lipinski definition) is 3. The van der Waals surface area contributed by atoms with Crippen LogP contribution in [0.1, 0.15) is 32.3 Å². The van der Waals surface area contributed by atoms with E-state index in [0.717, 1.165) is 24.1 Å². The molecule has 0 saturated carbocycles. The minimum Gasteiger partial charge on any atom is -0.345 e. The molecule has 3 amide bonds. The molecular weight excluding hydrogens is 328 g/mol. The Kier molecular flexibility index (Phi) is 6.64. The summed E-state index contributed by atoms with van der Waals surface area (Å²) in [6.07, 6.45) is 1.66. The molecule has 26 heavy (non-hydrogen) atoms. The highest BCUT2D eigenvalue weighted by Crippen LogP contribution is 2.22. The molecule has 3 N–H and O–H groups in total. The molecule has 0 aliphatic carbocycles. The fraction of sp³-hybridized carbons (Fsp3) is 0.600. The summed E-state index contributed by atoms with van der Waals surface area (Å²) in [5.41, 5.74) is 7.55. The van der Waals surface area contributed by atoms with Gasteiger partial charge in [-0.1, -0.05) is 26.0 Å². The molecule has 1 fully saturated rings. The maximum absolute atomic E-state index is 12.8. The van der Waals surface area contributed by atoms with E-state index in [9.17, 15) is 9.59 Å². The first-order chi connectivity index (χ1) is 12.2. The first-order valence-corrected chi connectivity index (χ1v) is 9.29. The number of amides is 3. The van der Waals surface area contributed by atoms with Gasteiger partial charge in [-0.2, -0.15) is 0 Å². The normalized spacial score (nSPS) is 17.7. The van der Waals surface area contributed by atoms with Gasteiger partial charge in [0.05, 0.1) is 5.92 Å². The molecule has 1 saturated heterocycles. The van der Waals surface area contributed by atoms with Crippen LogP contribution in [0.3, 0.4) is 0 Å². The molecule has 6 nitrogen and oxygen atoms in total. The summed E-state index contributed by atoms with van der Waals surface area (Å²) < 4.78 is 0. The number of piperidine rings is 1. The molecule has 1 aliphatic rings.